The first kappa shape index (κ1) is 22.2. The van der Waals surface area contributed by atoms with E-state index in [4.69, 9.17) is 4.52 Å². The zero-order valence-corrected chi connectivity index (χ0v) is 18.3. The predicted molar refractivity (Wildman–Crippen MR) is 109 cm³/mol. The van der Waals surface area contributed by atoms with E-state index in [1.54, 1.807) is 11.4 Å². The fourth-order valence-electron chi connectivity index (χ4n) is 2.83. The maximum atomic E-state index is 11.5. The molecule has 0 saturated carbocycles. The molecular formula is C15H28IN5O3S. The van der Waals surface area contributed by atoms with E-state index in [0.717, 1.165) is 42.4 Å². The molecule has 10 heteroatoms. The van der Waals surface area contributed by atoms with E-state index in [-0.39, 0.29) is 24.0 Å². The molecule has 1 fully saturated rings. The molecule has 144 valence electrons. The van der Waals surface area contributed by atoms with Crippen LogP contribution in [0.4, 0.5) is 0 Å². The van der Waals surface area contributed by atoms with Gasteiger partial charge in [-0.2, -0.15) is 0 Å². The van der Waals surface area contributed by atoms with Gasteiger partial charge in [0.25, 0.3) is 0 Å². The Morgan fingerprint density at radius 1 is 1.32 bits per heavy atom. The van der Waals surface area contributed by atoms with Gasteiger partial charge in [-0.05, 0) is 32.6 Å². The lowest BCUT2D eigenvalue weighted by molar-refractivity contribution is 0.275. The highest BCUT2D eigenvalue weighted by atomic mass is 127. The van der Waals surface area contributed by atoms with Crippen LogP contribution in [0.1, 0.15) is 29.9 Å². The minimum atomic E-state index is -3.07. The summed E-state index contributed by atoms with van der Waals surface area (Å²) in [7, 11) is -1.33. The lowest BCUT2D eigenvalue weighted by atomic mass is 9.98. The van der Waals surface area contributed by atoms with Gasteiger partial charge in [-0.3, -0.25) is 4.99 Å². The van der Waals surface area contributed by atoms with Crippen molar-refractivity contribution < 1.29 is 12.9 Å². The van der Waals surface area contributed by atoms with Crippen LogP contribution in [-0.4, -0.2) is 56.8 Å². The molecule has 2 heterocycles. The number of aryl methyl sites for hydroxylation is 2. The number of rotatable bonds is 5. The Hall–Kier alpha value is -0.880. The largest absolute Gasteiger partial charge is 0.361 e. The molecule has 1 aromatic heterocycles. The Kier molecular flexibility index (Phi) is 8.61. The lowest BCUT2D eigenvalue weighted by Crippen LogP contribution is -2.43. The lowest BCUT2D eigenvalue weighted by Gasteiger charge is -2.30. The first-order chi connectivity index (χ1) is 11.3. The number of guanidine groups is 1. The van der Waals surface area contributed by atoms with Gasteiger partial charge < -0.3 is 15.2 Å². The SMILES string of the molecule is CN=C(NCc1c(C)noc1C)NCC1CCN(S(C)(=O)=O)CC1.I. The average molecular weight is 485 g/mol. The number of piperidine rings is 1. The van der Waals surface area contributed by atoms with Gasteiger partial charge in [0.2, 0.25) is 10.0 Å². The molecule has 2 N–H and O–H groups in total. The molecule has 25 heavy (non-hydrogen) atoms. The summed E-state index contributed by atoms with van der Waals surface area (Å²) in [6.07, 6.45) is 2.99. The Morgan fingerprint density at radius 3 is 2.44 bits per heavy atom. The van der Waals surface area contributed by atoms with Crippen molar-refractivity contribution in [1.82, 2.24) is 20.1 Å². The normalized spacial score (nSPS) is 17.2. The van der Waals surface area contributed by atoms with E-state index in [1.807, 2.05) is 13.8 Å². The van der Waals surface area contributed by atoms with E-state index in [2.05, 4.69) is 20.8 Å². The molecule has 1 aromatic rings. The van der Waals surface area contributed by atoms with Crippen molar-refractivity contribution in [2.45, 2.75) is 33.2 Å². The molecule has 1 saturated heterocycles. The molecule has 8 nitrogen and oxygen atoms in total. The summed E-state index contributed by atoms with van der Waals surface area (Å²) >= 11 is 0. The van der Waals surface area contributed by atoms with E-state index in [1.165, 1.54) is 6.26 Å². The summed E-state index contributed by atoms with van der Waals surface area (Å²) in [5.41, 5.74) is 1.92. The molecule has 0 bridgehead atoms. The van der Waals surface area contributed by atoms with Crippen LogP contribution in [0.5, 0.6) is 0 Å². The third kappa shape index (κ3) is 6.41. The summed E-state index contributed by atoms with van der Waals surface area (Å²) in [6.45, 7) is 6.38. The Labute approximate surface area is 166 Å². The summed E-state index contributed by atoms with van der Waals surface area (Å²) in [4.78, 5) is 4.22. The van der Waals surface area contributed by atoms with Crippen molar-refractivity contribution in [1.29, 1.82) is 0 Å². The highest BCUT2D eigenvalue weighted by Gasteiger charge is 2.24. The second-order valence-corrected chi connectivity index (χ2v) is 8.20. The van der Waals surface area contributed by atoms with Crippen LogP contribution >= 0.6 is 24.0 Å². The second kappa shape index (κ2) is 9.72. The van der Waals surface area contributed by atoms with Crippen molar-refractivity contribution in [3.8, 4) is 0 Å². The van der Waals surface area contributed by atoms with Gasteiger partial charge in [0, 0.05) is 38.8 Å². The fraction of sp³-hybridized carbons (Fsp3) is 0.733. The van der Waals surface area contributed by atoms with Crippen LogP contribution in [0.15, 0.2) is 9.52 Å². The van der Waals surface area contributed by atoms with Gasteiger partial charge in [0.15, 0.2) is 5.96 Å². The summed E-state index contributed by atoms with van der Waals surface area (Å²) in [5.74, 6) is 1.98. The number of aliphatic imine (C=N–C) groups is 1. The Bertz CT molecular complexity index is 662. The van der Waals surface area contributed by atoms with Crippen LogP contribution in [0.25, 0.3) is 0 Å². The molecule has 2 rings (SSSR count). The average Bonchev–Trinajstić information content (AvgIpc) is 2.86. The molecule has 0 spiro atoms. The first-order valence-corrected chi connectivity index (χ1v) is 9.97. The molecule has 1 aliphatic heterocycles. The maximum Gasteiger partial charge on any atom is 0.211 e. The highest BCUT2D eigenvalue weighted by molar-refractivity contribution is 14.0. The van der Waals surface area contributed by atoms with Crippen molar-refractivity contribution in [2.24, 2.45) is 10.9 Å². The van der Waals surface area contributed by atoms with Crippen molar-refractivity contribution in [2.75, 3.05) is 32.9 Å². The monoisotopic (exact) mass is 485 g/mol. The van der Waals surface area contributed by atoms with Gasteiger partial charge in [-0.15, -0.1) is 24.0 Å². The van der Waals surface area contributed by atoms with Gasteiger partial charge in [0.05, 0.1) is 11.9 Å². The molecule has 0 aromatic carbocycles. The zero-order chi connectivity index (χ0) is 17.7. The minimum absolute atomic E-state index is 0. The number of hydrogen-bond donors (Lipinski definition) is 2. The van der Waals surface area contributed by atoms with Crippen LogP contribution in [0.3, 0.4) is 0 Å². The number of nitrogens with zero attached hydrogens (tertiary/aromatic N) is 3. The molecule has 0 unspecified atom stereocenters. The Morgan fingerprint density at radius 2 is 1.96 bits per heavy atom. The van der Waals surface area contributed by atoms with Crippen LogP contribution in [-0.2, 0) is 16.6 Å². The van der Waals surface area contributed by atoms with Crippen LogP contribution < -0.4 is 10.6 Å². The molecule has 0 radical (unpaired) electrons. The van der Waals surface area contributed by atoms with E-state index >= 15 is 0 Å². The van der Waals surface area contributed by atoms with E-state index in [0.29, 0.717) is 25.6 Å². The van der Waals surface area contributed by atoms with Crippen molar-refractivity contribution in [3.05, 3.63) is 17.0 Å². The Balaban J connectivity index is 0.00000312. The first-order valence-electron chi connectivity index (χ1n) is 8.12. The molecule has 0 atom stereocenters. The number of nitrogens with one attached hydrogen (secondary N) is 2. The smallest absolute Gasteiger partial charge is 0.211 e. The highest BCUT2D eigenvalue weighted by Crippen LogP contribution is 2.18. The van der Waals surface area contributed by atoms with Crippen LogP contribution in [0.2, 0.25) is 0 Å². The fourth-order valence-corrected chi connectivity index (χ4v) is 3.71. The zero-order valence-electron chi connectivity index (χ0n) is 15.2. The van der Waals surface area contributed by atoms with Gasteiger partial charge in [-0.1, -0.05) is 5.16 Å². The summed E-state index contributed by atoms with van der Waals surface area (Å²) < 4.78 is 29.8. The minimum Gasteiger partial charge on any atom is -0.361 e. The quantitative estimate of drug-likeness (QED) is 0.370. The molecule has 0 amide bonds. The van der Waals surface area contributed by atoms with Crippen molar-refractivity contribution in [3.63, 3.8) is 0 Å². The van der Waals surface area contributed by atoms with E-state index in [9.17, 15) is 8.42 Å². The maximum absolute atomic E-state index is 11.5. The molecule has 0 aliphatic carbocycles. The van der Waals surface area contributed by atoms with Gasteiger partial charge in [0.1, 0.15) is 5.76 Å². The topological polar surface area (TPSA) is 99.8 Å². The molecule has 1 aliphatic rings. The third-order valence-electron chi connectivity index (χ3n) is 4.44. The standard InChI is InChI=1S/C15H27N5O3S.HI/c1-11-14(12(2)23-19-11)10-18-15(16-3)17-9-13-5-7-20(8-6-13)24(4,21)22;/h13H,5-10H2,1-4H3,(H2,16,17,18);1H. The summed E-state index contributed by atoms with van der Waals surface area (Å²) in [6, 6.07) is 0. The van der Waals surface area contributed by atoms with Crippen molar-refractivity contribution >= 4 is 40.0 Å². The van der Waals surface area contributed by atoms with E-state index < -0.39 is 10.0 Å². The predicted octanol–water partition coefficient (Wildman–Crippen LogP) is 1.25. The summed E-state index contributed by atoms with van der Waals surface area (Å²) in [5, 5.41) is 10.5. The number of aromatic nitrogens is 1. The molecular weight excluding hydrogens is 457 g/mol. The van der Waals surface area contributed by atoms with Crippen LogP contribution in [0, 0.1) is 19.8 Å². The van der Waals surface area contributed by atoms with Gasteiger partial charge >= 0.3 is 0 Å². The number of halogens is 1. The number of hydrogen-bond acceptors (Lipinski definition) is 5. The number of sulfonamides is 1. The van der Waals surface area contributed by atoms with Gasteiger partial charge in [-0.25, -0.2) is 12.7 Å². The second-order valence-electron chi connectivity index (χ2n) is 6.21. The third-order valence-corrected chi connectivity index (χ3v) is 5.74.